The Morgan fingerprint density at radius 2 is 1.69 bits per heavy atom. The van der Waals surface area contributed by atoms with E-state index in [2.05, 4.69) is 4.98 Å². The van der Waals surface area contributed by atoms with Crippen LogP contribution in [0, 0.1) is 0 Å². The lowest BCUT2D eigenvalue weighted by atomic mass is 10.1. The maximum atomic E-state index is 9.87. The van der Waals surface area contributed by atoms with Crippen LogP contribution >= 0.6 is 0 Å². The van der Waals surface area contributed by atoms with Crippen molar-refractivity contribution in [2.24, 2.45) is 0 Å². The fraction of sp³-hybridized carbons (Fsp3) is 0.0714. The molecule has 1 aromatic heterocycles. The summed E-state index contributed by atoms with van der Waals surface area (Å²) in [4.78, 5) is 3.91. The molecule has 2 rings (SSSR count). The van der Waals surface area contributed by atoms with Crippen molar-refractivity contribution in [3.8, 4) is 0 Å². The number of benzene rings is 1. The maximum absolute atomic E-state index is 9.87. The highest BCUT2D eigenvalue weighted by Gasteiger charge is 2.01. The monoisotopic (exact) mass is 211 g/mol. The smallest absolute Gasteiger partial charge is 0.0976 e. The molecular formula is C14H13NO. The second-order valence-corrected chi connectivity index (χ2v) is 3.50. The van der Waals surface area contributed by atoms with Crippen LogP contribution < -0.4 is 0 Å². The SMILES string of the molecule is OC(/C=C/c1ccccc1)c1ccncc1. The van der Waals surface area contributed by atoms with Gasteiger partial charge in [0.05, 0.1) is 6.10 Å². The molecule has 1 N–H and O–H groups in total. The highest BCUT2D eigenvalue weighted by molar-refractivity contribution is 5.49. The Bertz CT molecular complexity index is 451. The van der Waals surface area contributed by atoms with Crippen molar-refractivity contribution in [1.82, 2.24) is 4.98 Å². The highest BCUT2D eigenvalue weighted by Crippen LogP contribution is 2.14. The van der Waals surface area contributed by atoms with Gasteiger partial charge in [0.15, 0.2) is 0 Å². The molecule has 0 fully saturated rings. The first kappa shape index (κ1) is 10.6. The summed E-state index contributed by atoms with van der Waals surface area (Å²) in [6.07, 6.45) is 6.45. The van der Waals surface area contributed by atoms with E-state index < -0.39 is 6.10 Å². The molecule has 0 aliphatic heterocycles. The molecular weight excluding hydrogens is 198 g/mol. The van der Waals surface area contributed by atoms with E-state index in [1.165, 1.54) is 0 Å². The van der Waals surface area contributed by atoms with Gasteiger partial charge < -0.3 is 5.11 Å². The van der Waals surface area contributed by atoms with Gasteiger partial charge in [-0.05, 0) is 23.3 Å². The molecule has 0 aliphatic carbocycles. The summed E-state index contributed by atoms with van der Waals surface area (Å²) in [6, 6.07) is 13.5. The molecule has 0 radical (unpaired) electrons. The maximum Gasteiger partial charge on any atom is 0.0976 e. The van der Waals surface area contributed by atoms with Gasteiger partial charge in [0.1, 0.15) is 0 Å². The second kappa shape index (κ2) is 5.24. The van der Waals surface area contributed by atoms with Crippen LogP contribution in [0.25, 0.3) is 6.08 Å². The van der Waals surface area contributed by atoms with Crippen LogP contribution in [0.2, 0.25) is 0 Å². The van der Waals surface area contributed by atoms with E-state index in [9.17, 15) is 5.11 Å². The third-order valence-corrected chi connectivity index (χ3v) is 2.32. The Morgan fingerprint density at radius 1 is 1.00 bits per heavy atom. The topological polar surface area (TPSA) is 33.1 Å². The average molecular weight is 211 g/mol. The number of nitrogens with zero attached hydrogens (tertiary/aromatic N) is 1. The van der Waals surface area contributed by atoms with Gasteiger partial charge in [-0.1, -0.05) is 42.5 Å². The lowest BCUT2D eigenvalue weighted by Gasteiger charge is -2.04. The summed E-state index contributed by atoms with van der Waals surface area (Å²) in [5.74, 6) is 0. The number of hydrogen-bond donors (Lipinski definition) is 1. The van der Waals surface area contributed by atoms with Crippen molar-refractivity contribution in [3.05, 3.63) is 72.1 Å². The van der Waals surface area contributed by atoms with E-state index in [-0.39, 0.29) is 0 Å². The molecule has 1 aromatic carbocycles. The molecule has 0 saturated heterocycles. The Morgan fingerprint density at radius 3 is 2.38 bits per heavy atom. The van der Waals surface area contributed by atoms with Crippen LogP contribution in [0.1, 0.15) is 17.2 Å². The fourth-order valence-corrected chi connectivity index (χ4v) is 1.44. The minimum Gasteiger partial charge on any atom is -0.384 e. The third kappa shape index (κ3) is 2.78. The molecule has 2 heteroatoms. The molecule has 1 atom stereocenters. The van der Waals surface area contributed by atoms with Gasteiger partial charge in [-0.15, -0.1) is 0 Å². The molecule has 0 amide bonds. The first-order valence-electron chi connectivity index (χ1n) is 5.17. The molecule has 0 aliphatic rings. The fourth-order valence-electron chi connectivity index (χ4n) is 1.44. The Hall–Kier alpha value is -1.93. The zero-order valence-electron chi connectivity index (χ0n) is 8.82. The quantitative estimate of drug-likeness (QED) is 0.846. The average Bonchev–Trinajstić information content (AvgIpc) is 2.38. The number of hydrogen-bond acceptors (Lipinski definition) is 2. The number of pyridine rings is 1. The summed E-state index contributed by atoms with van der Waals surface area (Å²) >= 11 is 0. The van der Waals surface area contributed by atoms with Crippen molar-refractivity contribution < 1.29 is 5.11 Å². The van der Waals surface area contributed by atoms with Crippen molar-refractivity contribution in [2.75, 3.05) is 0 Å². The van der Waals surface area contributed by atoms with Gasteiger partial charge in [-0.2, -0.15) is 0 Å². The minimum absolute atomic E-state index is 0.580. The van der Waals surface area contributed by atoms with E-state index in [1.807, 2.05) is 36.4 Å². The summed E-state index contributed by atoms with van der Waals surface area (Å²) in [6.45, 7) is 0. The van der Waals surface area contributed by atoms with E-state index in [1.54, 1.807) is 30.6 Å². The van der Waals surface area contributed by atoms with Gasteiger partial charge in [0.25, 0.3) is 0 Å². The molecule has 80 valence electrons. The molecule has 0 bridgehead atoms. The zero-order chi connectivity index (χ0) is 11.2. The molecule has 2 nitrogen and oxygen atoms in total. The summed E-state index contributed by atoms with van der Waals surface area (Å²) < 4.78 is 0. The molecule has 16 heavy (non-hydrogen) atoms. The lowest BCUT2D eigenvalue weighted by Crippen LogP contribution is -1.92. The van der Waals surface area contributed by atoms with Gasteiger partial charge >= 0.3 is 0 Å². The molecule has 0 saturated carbocycles. The van der Waals surface area contributed by atoms with E-state index in [0.717, 1.165) is 11.1 Å². The van der Waals surface area contributed by atoms with Crippen LogP contribution in [-0.4, -0.2) is 10.1 Å². The van der Waals surface area contributed by atoms with Gasteiger partial charge in [0.2, 0.25) is 0 Å². The Balaban J connectivity index is 2.08. The van der Waals surface area contributed by atoms with Gasteiger partial charge in [0, 0.05) is 12.4 Å². The van der Waals surface area contributed by atoms with Crippen molar-refractivity contribution >= 4 is 6.08 Å². The van der Waals surface area contributed by atoms with Crippen molar-refractivity contribution in [3.63, 3.8) is 0 Å². The molecule has 1 unspecified atom stereocenters. The van der Waals surface area contributed by atoms with Crippen LogP contribution in [-0.2, 0) is 0 Å². The van der Waals surface area contributed by atoms with Crippen LogP contribution in [0.5, 0.6) is 0 Å². The minimum atomic E-state index is -0.580. The van der Waals surface area contributed by atoms with Crippen molar-refractivity contribution in [1.29, 1.82) is 0 Å². The van der Waals surface area contributed by atoms with Crippen LogP contribution in [0.4, 0.5) is 0 Å². The standard InChI is InChI=1S/C14H13NO/c16-14(13-8-10-15-11-9-13)7-6-12-4-2-1-3-5-12/h1-11,14,16H/b7-6+. The van der Waals surface area contributed by atoms with Crippen molar-refractivity contribution in [2.45, 2.75) is 6.10 Å². The number of aromatic nitrogens is 1. The summed E-state index contributed by atoms with van der Waals surface area (Å²) in [5, 5.41) is 9.87. The summed E-state index contributed by atoms with van der Waals surface area (Å²) in [7, 11) is 0. The van der Waals surface area contributed by atoms with Gasteiger partial charge in [-0.3, -0.25) is 4.98 Å². The first-order chi connectivity index (χ1) is 7.86. The predicted molar refractivity (Wildman–Crippen MR) is 64.7 cm³/mol. The van der Waals surface area contributed by atoms with E-state index >= 15 is 0 Å². The number of rotatable bonds is 3. The normalized spacial score (nSPS) is 12.8. The molecule has 0 spiro atoms. The second-order valence-electron chi connectivity index (χ2n) is 3.50. The summed E-state index contributed by atoms with van der Waals surface area (Å²) in [5.41, 5.74) is 1.93. The first-order valence-corrected chi connectivity index (χ1v) is 5.17. The Labute approximate surface area is 94.9 Å². The third-order valence-electron chi connectivity index (χ3n) is 2.32. The molecule has 1 heterocycles. The zero-order valence-corrected chi connectivity index (χ0v) is 8.82. The van der Waals surface area contributed by atoms with Crippen LogP contribution in [0.15, 0.2) is 60.9 Å². The lowest BCUT2D eigenvalue weighted by molar-refractivity contribution is 0.229. The highest BCUT2D eigenvalue weighted by atomic mass is 16.3. The number of aliphatic hydroxyl groups is 1. The predicted octanol–water partition coefficient (Wildman–Crippen LogP) is 2.83. The van der Waals surface area contributed by atoms with E-state index in [0.29, 0.717) is 0 Å². The van der Waals surface area contributed by atoms with E-state index in [4.69, 9.17) is 0 Å². The Kier molecular flexibility index (Phi) is 3.46. The molecule has 2 aromatic rings. The van der Waals surface area contributed by atoms with Crippen LogP contribution in [0.3, 0.4) is 0 Å². The van der Waals surface area contributed by atoms with Gasteiger partial charge in [-0.25, -0.2) is 0 Å². The largest absolute Gasteiger partial charge is 0.384 e. The number of aliphatic hydroxyl groups excluding tert-OH is 1.